The molecule has 118 valence electrons. The second-order valence-corrected chi connectivity index (χ2v) is 6.47. The zero-order valence-corrected chi connectivity index (χ0v) is 13.2. The molecule has 0 aliphatic heterocycles. The Labute approximate surface area is 135 Å². The summed E-state index contributed by atoms with van der Waals surface area (Å²) >= 11 is 0. The third-order valence-corrected chi connectivity index (χ3v) is 4.90. The van der Waals surface area contributed by atoms with Gasteiger partial charge in [0.05, 0.1) is 0 Å². The molecule has 3 aromatic rings. The topological polar surface area (TPSA) is 42.2 Å². The minimum Gasteiger partial charge on any atom is -0.423 e. The molecule has 3 heteroatoms. The molecule has 1 heterocycles. The largest absolute Gasteiger partial charge is 0.423 e. The summed E-state index contributed by atoms with van der Waals surface area (Å²) in [6.45, 7) is 0.723. The summed E-state index contributed by atoms with van der Waals surface area (Å²) in [4.78, 5) is 11.9. The van der Waals surface area contributed by atoms with Crippen molar-refractivity contribution in [2.24, 2.45) is 0 Å². The van der Waals surface area contributed by atoms with Gasteiger partial charge in [-0.15, -0.1) is 0 Å². The minimum absolute atomic E-state index is 0.270. The quantitative estimate of drug-likeness (QED) is 0.577. The predicted octanol–water partition coefficient (Wildman–Crippen LogP) is 4.37. The molecule has 0 saturated heterocycles. The summed E-state index contributed by atoms with van der Waals surface area (Å²) in [5.41, 5.74) is 1.45. The summed E-state index contributed by atoms with van der Waals surface area (Å²) in [6.07, 6.45) is 6.43. The summed E-state index contributed by atoms with van der Waals surface area (Å²) < 4.78 is 5.42. The monoisotopic (exact) mass is 307 g/mol. The average molecular weight is 307 g/mol. The van der Waals surface area contributed by atoms with E-state index in [1.807, 2.05) is 24.3 Å². The van der Waals surface area contributed by atoms with Crippen LogP contribution in [-0.2, 0) is 6.54 Å². The first-order valence-electron chi connectivity index (χ1n) is 8.49. The molecule has 2 aromatic carbocycles. The molecule has 1 aliphatic rings. The Balaban J connectivity index is 1.77. The maximum Gasteiger partial charge on any atom is 0.336 e. The van der Waals surface area contributed by atoms with Crippen molar-refractivity contribution < 1.29 is 4.42 Å². The molecule has 0 atom stereocenters. The summed E-state index contributed by atoms with van der Waals surface area (Å²) in [7, 11) is 0. The van der Waals surface area contributed by atoms with Crippen LogP contribution in [0.25, 0.3) is 21.7 Å². The minimum atomic E-state index is -0.270. The second-order valence-electron chi connectivity index (χ2n) is 6.47. The Hall–Kier alpha value is -2.13. The van der Waals surface area contributed by atoms with Crippen LogP contribution in [0.5, 0.6) is 0 Å². The number of hydrogen-bond donors (Lipinski definition) is 1. The van der Waals surface area contributed by atoms with Gasteiger partial charge in [-0.05, 0) is 35.2 Å². The molecule has 1 aromatic heterocycles. The molecule has 0 amide bonds. The van der Waals surface area contributed by atoms with Crippen molar-refractivity contribution in [3.63, 3.8) is 0 Å². The Morgan fingerprint density at radius 1 is 1.04 bits per heavy atom. The fraction of sp³-hybridized carbons (Fsp3) is 0.350. The molecule has 3 nitrogen and oxygen atoms in total. The molecule has 1 saturated carbocycles. The Kier molecular flexibility index (Phi) is 3.88. The molecule has 4 rings (SSSR count). The van der Waals surface area contributed by atoms with Crippen LogP contribution in [0.15, 0.2) is 51.7 Å². The van der Waals surface area contributed by atoms with Gasteiger partial charge < -0.3 is 9.73 Å². The second kappa shape index (κ2) is 6.17. The lowest BCUT2D eigenvalue weighted by molar-refractivity contribution is 0.372. The van der Waals surface area contributed by atoms with Crippen molar-refractivity contribution >= 4 is 21.7 Å². The van der Waals surface area contributed by atoms with Crippen LogP contribution in [0.3, 0.4) is 0 Å². The van der Waals surface area contributed by atoms with Crippen LogP contribution in [0.4, 0.5) is 0 Å². The zero-order valence-electron chi connectivity index (χ0n) is 13.2. The lowest BCUT2D eigenvalue weighted by Crippen LogP contribution is -2.30. The van der Waals surface area contributed by atoms with E-state index >= 15 is 0 Å². The van der Waals surface area contributed by atoms with Gasteiger partial charge in [-0.2, -0.15) is 0 Å². The number of rotatable bonds is 3. The van der Waals surface area contributed by atoms with E-state index in [0.29, 0.717) is 11.6 Å². The van der Waals surface area contributed by atoms with Crippen LogP contribution >= 0.6 is 0 Å². The molecule has 1 N–H and O–H groups in total. The van der Waals surface area contributed by atoms with Crippen molar-refractivity contribution in [2.75, 3.05) is 0 Å². The van der Waals surface area contributed by atoms with Crippen LogP contribution in [0.1, 0.15) is 37.7 Å². The molecular weight excluding hydrogens is 286 g/mol. The predicted molar refractivity (Wildman–Crippen MR) is 93.7 cm³/mol. The van der Waals surface area contributed by atoms with Crippen molar-refractivity contribution in [1.29, 1.82) is 0 Å². The van der Waals surface area contributed by atoms with Gasteiger partial charge in [0.15, 0.2) is 0 Å². The molecular formula is C20H21NO2. The maximum absolute atomic E-state index is 11.9. The van der Waals surface area contributed by atoms with E-state index in [1.54, 1.807) is 6.07 Å². The Morgan fingerprint density at radius 3 is 2.74 bits per heavy atom. The fourth-order valence-corrected chi connectivity index (χ4v) is 3.72. The summed E-state index contributed by atoms with van der Waals surface area (Å²) in [5.74, 6) is 0. The smallest absolute Gasteiger partial charge is 0.336 e. The van der Waals surface area contributed by atoms with Crippen molar-refractivity contribution in [3.8, 4) is 0 Å². The van der Waals surface area contributed by atoms with E-state index in [-0.39, 0.29) is 5.63 Å². The van der Waals surface area contributed by atoms with E-state index in [2.05, 4.69) is 17.4 Å². The van der Waals surface area contributed by atoms with Crippen LogP contribution < -0.4 is 10.9 Å². The standard InChI is InChI=1S/C20H21NO2/c22-19-12-15(13-21-16-7-2-1-3-8-16)20-17-9-5-4-6-14(17)10-11-18(20)23-19/h4-6,9-12,16,21H,1-3,7-8,13H2. The lowest BCUT2D eigenvalue weighted by atomic mass is 9.95. The highest BCUT2D eigenvalue weighted by molar-refractivity contribution is 6.07. The Morgan fingerprint density at radius 2 is 1.87 bits per heavy atom. The first-order chi connectivity index (χ1) is 11.3. The molecule has 1 aliphatic carbocycles. The first-order valence-corrected chi connectivity index (χ1v) is 8.49. The molecule has 0 radical (unpaired) electrons. The molecule has 23 heavy (non-hydrogen) atoms. The van der Waals surface area contributed by atoms with Crippen LogP contribution in [0, 0.1) is 0 Å². The van der Waals surface area contributed by atoms with E-state index in [0.717, 1.165) is 22.9 Å². The highest BCUT2D eigenvalue weighted by Crippen LogP contribution is 2.27. The van der Waals surface area contributed by atoms with Gasteiger partial charge in [0.25, 0.3) is 0 Å². The van der Waals surface area contributed by atoms with Gasteiger partial charge in [0.2, 0.25) is 0 Å². The molecule has 0 spiro atoms. The van der Waals surface area contributed by atoms with Crippen LogP contribution in [-0.4, -0.2) is 6.04 Å². The van der Waals surface area contributed by atoms with Gasteiger partial charge >= 0.3 is 5.63 Å². The fourth-order valence-electron chi connectivity index (χ4n) is 3.72. The average Bonchev–Trinajstić information content (AvgIpc) is 2.60. The molecule has 1 fully saturated rings. The number of benzene rings is 2. The number of nitrogens with one attached hydrogen (secondary N) is 1. The Bertz CT molecular complexity index is 891. The molecule has 0 bridgehead atoms. The third-order valence-electron chi connectivity index (χ3n) is 4.90. The number of hydrogen-bond acceptors (Lipinski definition) is 3. The third kappa shape index (κ3) is 2.89. The molecule has 0 unspecified atom stereocenters. The number of fused-ring (bicyclic) bond motifs is 3. The van der Waals surface area contributed by atoms with Gasteiger partial charge in [-0.25, -0.2) is 4.79 Å². The first kappa shape index (κ1) is 14.5. The van der Waals surface area contributed by atoms with Gasteiger partial charge in [-0.3, -0.25) is 0 Å². The highest BCUT2D eigenvalue weighted by atomic mass is 16.4. The van der Waals surface area contributed by atoms with Gasteiger partial charge in [-0.1, -0.05) is 49.6 Å². The van der Waals surface area contributed by atoms with E-state index in [4.69, 9.17) is 4.42 Å². The SMILES string of the molecule is O=c1cc(CNC2CCCCC2)c2c(ccc3ccccc32)o1. The lowest BCUT2D eigenvalue weighted by Gasteiger charge is -2.23. The van der Waals surface area contributed by atoms with Crippen LogP contribution in [0.2, 0.25) is 0 Å². The van der Waals surface area contributed by atoms with Gasteiger partial charge in [0.1, 0.15) is 5.58 Å². The summed E-state index contributed by atoms with van der Waals surface area (Å²) in [5, 5.41) is 7.02. The van der Waals surface area contributed by atoms with E-state index in [1.165, 1.54) is 37.5 Å². The van der Waals surface area contributed by atoms with E-state index < -0.39 is 0 Å². The van der Waals surface area contributed by atoms with Crippen molar-refractivity contribution in [1.82, 2.24) is 5.32 Å². The van der Waals surface area contributed by atoms with Gasteiger partial charge in [0, 0.05) is 24.0 Å². The van der Waals surface area contributed by atoms with Crippen molar-refractivity contribution in [2.45, 2.75) is 44.7 Å². The normalized spacial score (nSPS) is 16.2. The highest BCUT2D eigenvalue weighted by Gasteiger charge is 2.14. The summed E-state index contributed by atoms with van der Waals surface area (Å²) in [6, 6.07) is 14.4. The van der Waals surface area contributed by atoms with E-state index in [9.17, 15) is 4.79 Å². The zero-order chi connectivity index (χ0) is 15.6. The maximum atomic E-state index is 11.9. The van der Waals surface area contributed by atoms with Crippen molar-refractivity contribution in [3.05, 3.63) is 58.4 Å².